The number of hydrogen-bond acceptors (Lipinski definition) is 4. The van der Waals surface area contributed by atoms with Crippen molar-refractivity contribution in [1.29, 1.82) is 0 Å². The van der Waals surface area contributed by atoms with Crippen LogP contribution in [0.15, 0.2) is 53.4 Å². The fourth-order valence-electron chi connectivity index (χ4n) is 2.09. The van der Waals surface area contributed by atoms with Crippen molar-refractivity contribution in [3.05, 3.63) is 59.9 Å². The van der Waals surface area contributed by atoms with Crippen molar-refractivity contribution in [2.24, 2.45) is 5.73 Å². The topological polar surface area (TPSA) is 101 Å². The van der Waals surface area contributed by atoms with Gasteiger partial charge in [0.2, 0.25) is 5.91 Å². The Kier molecular flexibility index (Phi) is 5.99. The minimum Gasteiger partial charge on any atom is -0.354 e. The average molecular weight is 379 g/mol. The maximum atomic E-state index is 12.9. The monoisotopic (exact) mass is 379 g/mol. The van der Waals surface area contributed by atoms with E-state index in [-0.39, 0.29) is 17.2 Å². The smallest absolute Gasteiger partial charge is 0.261 e. The molecule has 1 amide bonds. The molecular weight excluding hydrogens is 357 g/mol. The molecule has 6 nitrogen and oxygen atoms in total. The van der Waals surface area contributed by atoms with Crippen LogP contribution in [0.1, 0.15) is 19.4 Å². The van der Waals surface area contributed by atoms with Crippen LogP contribution < -0.4 is 15.8 Å². The molecule has 0 unspecified atom stereocenters. The molecule has 2 aromatic carbocycles. The van der Waals surface area contributed by atoms with Gasteiger partial charge in [0.25, 0.3) is 10.0 Å². The zero-order chi connectivity index (χ0) is 19.4. The number of sulfonamides is 1. The molecule has 0 aliphatic carbocycles. The van der Waals surface area contributed by atoms with E-state index in [0.29, 0.717) is 12.2 Å². The number of anilines is 1. The number of amides is 1. The summed E-state index contributed by atoms with van der Waals surface area (Å²) in [7, 11) is -3.80. The predicted molar refractivity (Wildman–Crippen MR) is 98.6 cm³/mol. The highest BCUT2D eigenvalue weighted by Gasteiger charge is 2.15. The Morgan fingerprint density at radius 2 is 1.65 bits per heavy atom. The third kappa shape index (κ3) is 6.12. The van der Waals surface area contributed by atoms with E-state index in [1.165, 1.54) is 12.1 Å². The molecule has 0 spiro atoms. The quantitative estimate of drug-likeness (QED) is 0.685. The van der Waals surface area contributed by atoms with E-state index in [9.17, 15) is 17.6 Å². The lowest BCUT2D eigenvalue weighted by atomic mass is 10.1. The van der Waals surface area contributed by atoms with Crippen molar-refractivity contribution >= 4 is 21.6 Å². The van der Waals surface area contributed by atoms with E-state index in [1.54, 1.807) is 24.3 Å². The van der Waals surface area contributed by atoms with Gasteiger partial charge in [0.1, 0.15) is 5.82 Å². The van der Waals surface area contributed by atoms with Gasteiger partial charge in [-0.15, -0.1) is 0 Å². The van der Waals surface area contributed by atoms with Gasteiger partial charge in [0.05, 0.1) is 11.3 Å². The number of carbonyl (C=O) groups is 1. The van der Waals surface area contributed by atoms with Crippen molar-refractivity contribution < 1.29 is 17.6 Å². The minimum atomic E-state index is -3.80. The summed E-state index contributed by atoms with van der Waals surface area (Å²) in [6, 6.07) is 11.0. The first kappa shape index (κ1) is 19.9. The Balaban J connectivity index is 1.99. The Bertz CT molecular complexity index is 858. The van der Waals surface area contributed by atoms with E-state index in [0.717, 1.165) is 17.7 Å². The Morgan fingerprint density at radius 1 is 1.08 bits per heavy atom. The highest BCUT2D eigenvalue weighted by molar-refractivity contribution is 7.92. The molecule has 2 rings (SSSR count). The lowest BCUT2D eigenvalue weighted by molar-refractivity contribution is -0.120. The predicted octanol–water partition coefficient (Wildman–Crippen LogP) is 2.02. The van der Waals surface area contributed by atoms with E-state index >= 15 is 0 Å². The molecule has 8 heteroatoms. The van der Waals surface area contributed by atoms with Crippen LogP contribution in [-0.4, -0.2) is 26.4 Å². The molecular formula is C18H22FN3O3S. The summed E-state index contributed by atoms with van der Waals surface area (Å²) < 4.78 is 39.8. The number of nitrogens with one attached hydrogen (secondary N) is 2. The second kappa shape index (κ2) is 7.84. The molecule has 140 valence electrons. The molecule has 4 N–H and O–H groups in total. The molecule has 0 heterocycles. The Morgan fingerprint density at radius 3 is 2.19 bits per heavy atom. The van der Waals surface area contributed by atoms with E-state index < -0.39 is 21.4 Å². The number of nitrogens with two attached hydrogens (primary N) is 1. The van der Waals surface area contributed by atoms with Crippen molar-refractivity contribution in [2.45, 2.75) is 30.7 Å². The normalized spacial score (nSPS) is 11.8. The summed E-state index contributed by atoms with van der Waals surface area (Å²) >= 11 is 0. The Hall–Kier alpha value is -2.45. The highest BCUT2D eigenvalue weighted by Crippen LogP contribution is 2.17. The van der Waals surface area contributed by atoms with Gasteiger partial charge in [-0.25, -0.2) is 12.8 Å². The molecule has 0 fully saturated rings. The molecule has 0 aliphatic heterocycles. The molecule has 0 bridgehead atoms. The van der Waals surface area contributed by atoms with Crippen LogP contribution >= 0.6 is 0 Å². The van der Waals surface area contributed by atoms with E-state index in [4.69, 9.17) is 5.73 Å². The van der Waals surface area contributed by atoms with Gasteiger partial charge in [0, 0.05) is 17.8 Å². The zero-order valence-corrected chi connectivity index (χ0v) is 15.4. The van der Waals surface area contributed by atoms with Crippen LogP contribution in [0.5, 0.6) is 0 Å². The first-order chi connectivity index (χ1) is 12.0. The van der Waals surface area contributed by atoms with Crippen LogP contribution in [0.4, 0.5) is 10.1 Å². The summed E-state index contributed by atoms with van der Waals surface area (Å²) in [5.41, 5.74) is 6.41. The van der Waals surface area contributed by atoms with Crippen molar-refractivity contribution in [3.8, 4) is 0 Å². The lowest BCUT2D eigenvalue weighted by Crippen LogP contribution is -2.45. The number of hydrogen-bond donors (Lipinski definition) is 3. The summed E-state index contributed by atoms with van der Waals surface area (Å²) in [4.78, 5) is 11.8. The van der Waals surface area contributed by atoms with Gasteiger partial charge >= 0.3 is 0 Å². The fourth-order valence-corrected chi connectivity index (χ4v) is 3.15. The first-order valence-corrected chi connectivity index (χ1v) is 9.46. The summed E-state index contributed by atoms with van der Waals surface area (Å²) in [5.74, 6) is -0.673. The maximum absolute atomic E-state index is 12.9. The van der Waals surface area contributed by atoms with Gasteiger partial charge in [-0.1, -0.05) is 12.1 Å². The number of benzene rings is 2. The summed E-state index contributed by atoms with van der Waals surface area (Å²) in [6.07, 6.45) is 0.168. The first-order valence-electron chi connectivity index (χ1n) is 7.98. The minimum absolute atomic E-state index is 0.0354. The second-order valence-corrected chi connectivity index (χ2v) is 8.38. The Labute approximate surface area is 152 Å². The highest BCUT2D eigenvalue weighted by atomic mass is 32.2. The second-order valence-electron chi connectivity index (χ2n) is 6.70. The van der Waals surface area contributed by atoms with Crippen molar-refractivity contribution in [2.75, 3.05) is 11.3 Å². The molecule has 2 aromatic rings. The molecule has 0 saturated heterocycles. The average Bonchev–Trinajstić information content (AvgIpc) is 2.54. The van der Waals surface area contributed by atoms with E-state index in [2.05, 4.69) is 10.0 Å². The van der Waals surface area contributed by atoms with Crippen molar-refractivity contribution in [1.82, 2.24) is 5.32 Å². The van der Waals surface area contributed by atoms with Gasteiger partial charge < -0.3 is 11.1 Å². The zero-order valence-electron chi connectivity index (χ0n) is 14.6. The molecule has 0 atom stereocenters. The van der Waals surface area contributed by atoms with Crippen molar-refractivity contribution in [3.63, 3.8) is 0 Å². The third-order valence-corrected chi connectivity index (χ3v) is 4.83. The largest absolute Gasteiger partial charge is 0.354 e. The number of rotatable bonds is 7. The lowest BCUT2D eigenvalue weighted by Gasteiger charge is -2.18. The molecule has 26 heavy (non-hydrogen) atoms. The van der Waals surface area contributed by atoms with Gasteiger partial charge in [-0.3, -0.25) is 9.52 Å². The summed E-state index contributed by atoms with van der Waals surface area (Å²) in [5, 5.41) is 2.74. The van der Waals surface area contributed by atoms with Crippen LogP contribution in [0.2, 0.25) is 0 Å². The SMILES string of the molecule is CC(C)(N)CNC(=O)Cc1ccc(NS(=O)(=O)c2ccc(F)cc2)cc1. The standard InChI is InChI=1S/C18H22FN3O3S/c1-18(2,20)12-21-17(23)11-13-3-7-15(8-4-13)22-26(24,25)16-9-5-14(19)6-10-16/h3-10,22H,11-12,20H2,1-2H3,(H,21,23). The summed E-state index contributed by atoms with van der Waals surface area (Å²) in [6.45, 7) is 3.99. The van der Waals surface area contributed by atoms with Gasteiger partial charge in [0.15, 0.2) is 0 Å². The third-order valence-electron chi connectivity index (χ3n) is 3.44. The number of halogens is 1. The fraction of sp³-hybridized carbons (Fsp3) is 0.278. The number of carbonyl (C=O) groups excluding carboxylic acids is 1. The maximum Gasteiger partial charge on any atom is 0.261 e. The molecule has 0 radical (unpaired) electrons. The van der Waals surface area contributed by atoms with Crippen LogP contribution in [0, 0.1) is 5.82 Å². The molecule has 0 aromatic heterocycles. The van der Waals surface area contributed by atoms with Crippen LogP contribution in [-0.2, 0) is 21.2 Å². The van der Waals surface area contributed by atoms with Crippen LogP contribution in [0.3, 0.4) is 0 Å². The van der Waals surface area contributed by atoms with E-state index in [1.807, 2.05) is 13.8 Å². The van der Waals surface area contributed by atoms with Gasteiger partial charge in [-0.2, -0.15) is 0 Å². The molecule has 0 aliphatic rings. The van der Waals surface area contributed by atoms with Gasteiger partial charge in [-0.05, 0) is 55.8 Å². The van der Waals surface area contributed by atoms with Crippen LogP contribution in [0.25, 0.3) is 0 Å². The molecule has 0 saturated carbocycles.